The van der Waals surface area contributed by atoms with E-state index in [4.69, 9.17) is 4.74 Å². The Morgan fingerprint density at radius 2 is 1.94 bits per heavy atom. The Bertz CT molecular complexity index is 1220. The molecule has 0 spiro atoms. The predicted octanol–water partition coefficient (Wildman–Crippen LogP) is 2.96. The van der Waals surface area contributed by atoms with Crippen LogP contribution in [0.15, 0.2) is 54.7 Å². The second kappa shape index (κ2) is 9.90. The number of nitrogens with one attached hydrogen (secondary N) is 1. The highest BCUT2D eigenvalue weighted by Gasteiger charge is 2.38. The first kappa shape index (κ1) is 23.1. The van der Waals surface area contributed by atoms with Gasteiger partial charge in [0.15, 0.2) is 0 Å². The fourth-order valence-electron chi connectivity index (χ4n) is 5.13. The average Bonchev–Trinajstić information content (AvgIpc) is 3.27. The van der Waals surface area contributed by atoms with Gasteiger partial charge >= 0.3 is 0 Å². The van der Waals surface area contributed by atoms with Gasteiger partial charge in [-0.1, -0.05) is 30.3 Å². The normalized spacial score (nSPS) is 20.2. The summed E-state index contributed by atoms with van der Waals surface area (Å²) in [6.45, 7) is 2.69. The molecule has 2 saturated heterocycles. The molecule has 0 saturated carbocycles. The van der Waals surface area contributed by atoms with Crippen LogP contribution in [0.4, 0.5) is 5.95 Å². The van der Waals surface area contributed by atoms with Crippen molar-refractivity contribution < 1.29 is 14.3 Å². The molecule has 1 atom stereocenters. The third-order valence-corrected chi connectivity index (χ3v) is 7.12. The van der Waals surface area contributed by atoms with Gasteiger partial charge in [0.2, 0.25) is 17.8 Å². The lowest BCUT2D eigenvalue weighted by Gasteiger charge is -2.36. The van der Waals surface area contributed by atoms with Crippen molar-refractivity contribution in [3.8, 4) is 5.75 Å². The van der Waals surface area contributed by atoms with Gasteiger partial charge in [-0.15, -0.1) is 0 Å². The number of amides is 2. The maximum Gasteiger partial charge on any atom is 0.225 e. The molecule has 35 heavy (non-hydrogen) atoms. The molecule has 3 heterocycles. The fraction of sp³-hybridized carbons (Fsp3) is 0.407. The molecule has 5 rings (SSSR count). The second-order valence-corrected chi connectivity index (χ2v) is 9.45. The monoisotopic (exact) mass is 473 g/mol. The lowest BCUT2D eigenvalue weighted by Crippen LogP contribution is -2.50. The van der Waals surface area contributed by atoms with Crippen LogP contribution >= 0.6 is 0 Å². The van der Waals surface area contributed by atoms with Crippen LogP contribution in [0.2, 0.25) is 0 Å². The van der Waals surface area contributed by atoms with E-state index in [9.17, 15) is 9.59 Å². The molecule has 2 aliphatic rings. The number of carbonyl (C=O) groups is 2. The van der Waals surface area contributed by atoms with E-state index in [1.165, 1.54) is 0 Å². The van der Waals surface area contributed by atoms with Crippen LogP contribution in [0.25, 0.3) is 10.9 Å². The van der Waals surface area contributed by atoms with Gasteiger partial charge < -0.3 is 19.9 Å². The number of hydrogen-bond donors (Lipinski definition) is 1. The zero-order chi connectivity index (χ0) is 24.3. The lowest BCUT2D eigenvalue weighted by molar-refractivity contribution is -0.132. The van der Waals surface area contributed by atoms with Crippen molar-refractivity contribution in [1.82, 2.24) is 20.2 Å². The van der Waals surface area contributed by atoms with Gasteiger partial charge in [-0.25, -0.2) is 9.97 Å². The predicted molar refractivity (Wildman–Crippen MR) is 134 cm³/mol. The number of rotatable bonds is 7. The first-order valence-corrected chi connectivity index (χ1v) is 12.2. The summed E-state index contributed by atoms with van der Waals surface area (Å²) >= 11 is 0. The molecule has 2 aliphatic heterocycles. The summed E-state index contributed by atoms with van der Waals surface area (Å²) in [4.78, 5) is 38.5. The molecule has 3 aromatic rings. The molecule has 1 aromatic heterocycles. The number of aromatic nitrogens is 2. The van der Waals surface area contributed by atoms with E-state index in [2.05, 4.69) is 20.2 Å². The van der Waals surface area contributed by atoms with Crippen LogP contribution in [-0.4, -0.2) is 65.5 Å². The Labute approximate surface area is 205 Å². The minimum absolute atomic E-state index is 0.0596. The Balaban J connectivity index is 1.18. The van der Waals surface area contributed by atoms with Gasteiger partial charge in [0.1, 0.15) is 5.75 Å². The highest BCUT2D eigenvalue weighted by Crippen LogP contribution is 2.31. The topological polar surface area (TPSA) is 87.7 Å². The standard InChI is InChI=1S/C27H31N5O3/c1-35-22-7-4-5-20(17-22)18-27(11-9-24(33)30-27)12-10-25(34)31-13-15-32(16-14-31)26-28-19-21-6-2-3-8-23(21)29-26/h2-8,17,19H,9-16,18H2,1H3,(H,30,33)/t27-/m0/s1. The minimum atomic E-state index is -0.389. The smallest absolute Gasteiger partial charge is 0.225 e. The van der Waals surface area contributed by atoms with Gasteiger partial charge in [0.25, 0.3) is 0 Å². The number of carbonyl (C=O) groups excluding carboxylic acids is 2. The zero-order valence-corrected chi connectivity index (χ0v) is 20.1. The van der Waals surface area contributed by atoms with Crippen LogP contribution in [-0.2, 0) is 16.0 Å². The summed E-state index contributed by atoms with van der Waals surface area (Å²) < 4.78 is 5.35. The number of nitrogens with zero attached hydrogens (tertiary/aromatic N) is 4. The molecule has 2 amide bonds. The molecule has 2 aromatic carbocycles. The number of hydrogen-bond acceptors (Lipinski definition) is 6. The Morgan fingerprint density at radius 1 is 1.11 bits per heavy atom. The van der Waals surface area contributed by atoms with Gasteiger partial charge in [-0.3, -0.25) is 9.59 Å². The summed E-state index contributed by atoms with van der Waals surface area (Å²) in [5, 5.41) is 4.20. The maximum absolute atomic E-state index is 13.1. The van der Waals surface area contributed by atoms with Gasteiger partial charge in [-0.2, -0.15) is 0 Å². The van der Waals surface area contributed by atoms with E-state index in [1.54, 1.807) is 7.11 Å². The van der Waals surface area contributed by atoms with Crippen LogP contribution < -0.4 is 15.0 Å². The van der Waals surface area contributed by atoms with Gasteiger partial charge in [0.05, 0.1) is 12.6 Å². The molecular weight excluding hydrogens is 442 g/mol. The van der Waals surface area contributed by atoms with E-state index in [0.717, 1.165) is 28.6 Å². The van der Waals surface area contributed by atoms with E-state index < -0.39 is 0 Å². The SMILES string of the molecule is COc1cccc(C[C@@]2(CCC(=O)N3CCN(c4ncc5ccccc5n4)CC3)CCC(=O)N2)c1. The molecule has 0 radical (unpaired) electrons. The molecule has 0 unspecified atom stereocenters. The van der Waals surface area contributed by atoms with Crippen molar-refractivity contribution in [1.29, 1.82) is 0 Å². The molecule has 182 valence electrons. The second-order valence-electron chi connectivity index (χ2n) is 9.45. The number of piperazine rings is 1. The number of methoxy groups -OCH3 is 1. The average molecular weight is 474 g/mol. The first-order chi connectivity index (χ1) is 17.0. The zero-order valence-electron chi connectivity index (χ0n) is 20.1. The lowest BCUT2D eigenvalue weighted by atomic mass is 9.84. The number of fused-ring (bicyclic) bond motifs is 1. The molecule has 1 N–H and O–H groups in total. The number of anilines is 1. The summed E-state index contributed by atoms with van der Waals surface area (Å²) in [5.74, 6) is 1.70. The molecular formula is C27H31N5O3. The molecule has 8 nitrogen and oxygen atoms in total. The van der Waals surface area contributed by atoms with Crippen molar-refractivity contribution in [2.24, 2.45) is 0 Å². The van der Waals surface area contributed by atoms with E-state index in [0.29, 0.717) is 57.8 Å². The van der Waals surface area contributed by atoms with E-state index in [-0.39, 0.29) is 17.4 Å². The Hall–Kier alpha value is -3.68. The summed E-state index contributed by atoms with van der Waals surface area (Å²) in [6, 6.07) is 15.9. The highest BCUT2D eigenvalue weighted by atomic mass is 16.5. The van der Waals surface area contributed by atoms with Crippen LogP contribution in [0.1, 0.15) is 31.2 Å². The van der Waals surface area contributed by atoms with Crippen LogP contribution in [0.3, 0.4) is 0 Å². The van der Waals surface area contributed by atoms with Crippen molar-refractivity contribution in [2.75, 3.05) is 38.2 Å². The molecule has 0 aliphatic carbocycles. The van der Waals surface area contributed by atoms with E-state index >= 15 is 0 Å². The fourth-order valence-corrected chi connectivity index (χ4v) is 5.13. The maximum atomic E-state index is 13.1. The Kier molecular flexibility index (Phi) is 6.53. The third-order valence-electron chi connectivity index (χ3n) is 7.12. The Morgan fingerprint density at radius 3 is 2.71 bits per heavy atom. The van der Waals surface area contributed by atoms with Crippen LogP contribution in [0.5, 0.6) is 5.75 Å². The van der Waals surface area contributed by atoms with Crippen molar-refractivity contribution in [3.63, 3.8) is 0 Å². The van der Waals surface area contributed by atoms with Gasteiger partial charge in [-0.05, 0) is 43.0 Å². The summed E-state index contributed by atoms with van der Waals surface area (Å²) in [6.07, 6.45) is 4.83. The largest absolute Gasteiger partial charge is 0.497 e. The first-order valence-electron chi connectivity index (χ1n) is 12.2. The number of para-hydroxylation sites is 1. The molecule has 0 bridgehead atoms. The van der Waals surface area contributed by atoms with E-state index in [1.807, 2.05) is 59.6 Å². The number of benzene rings is 2. The minimum Gasteiger partial charge on any atom is -0.497 e. The van der Waals surface area contributed by atoms with Crippen molar-refractivity contribution in [3.05, 3.63) is 60.3 Å². The summed E-state index contributed by atoms with van der Waals surface area (Å²) in [7, 11) is 1.65. The van der Waals surface area contributed by atoms with Crippen molar-refractivity contribution in [2.45, 2.75) is 37.6 Å². The summed E-state index contributed by atoms with van der Waals surface area (Å²) in [5.41, 5.74) is 1.64. The number of ether oxygens (including phenoxy) is 1. The van der Waals surface area contributed by atoms with Crippen molar-refractivity contribution >= 4 is 28.7 Å². The third kappa shape index (κ3) is 5.21. The highest BCUT2D eigenvalue weighted by molar-refractivity contribution is 5.81. The quantitative estimate of drug-likeness (QED) is 0.568. The van der Waals surface area contributed by atoms with Crippen LogP contribution in [0, 0.1) is 0 Å². The molecule has 2 fully saturated rings. The van der Waals surface area contributed by atoms with Gasteiger partial charge in [0, 0.05) is 56.1 Å². The molecule has 8 heteroatoms.